The quantitative estimate of drug-likeness (QED) is 0.774. The lowest BCUT2D eigenvalue weighted by Crippen LogP contribution is -2.41. The Balaban J connectivity index is 2.37. The molecule has 0 saturated carbocycles. The molecule has 1 aromatic rings. The molecule has 2 N–H and O–H groups in total. The number of halogens is 1. The third-order valence-corrected chi connectivity index (χ3v) is 2.71. The van der Waals surface area contributed by atoms with E-state index in [1.54, 1.807) is 19.2 Å². The number of rotatable bonds is 7. The zero-order valence-electron chi connectivity index (χ0n) is 10.6. The van der Waals surface area contributed by atoms with Crippen molar-refractivity contribution >= 4 is 0 Å². The smallest absolute Gasteiger partial charge is 0.159 e. The molecule has 0 aromatic heterocycles. The summed E-state index contributed by atoms with van der Waals surface area (Å²) in [7, 11) is 1.58. The van der Waals surface area contributed by atoms with Crippen LogP contribution in [0.4, 0.5) is 4.39 Å². The molecule has 4 nitrogen and oxygen atoms in total. The van der Waals surface area contributed by atoms with Gasteiger partial charge in [0.1, 0.15) is 11.9 Å². The topological polar surface area (TPSA) is 58.9 Å². The number of ether oxygens (including phenoxy) is 2. The molecule has 0 spiro atoms. The van der Waals surface area contributed by atoms with Crippen LogP contribution < -0.4 is 4.74 Å². The second kappa shape index (κ2) is 6.68. The van der Waals surface area contributed by atoms with Crippen molar-refractivity contribution in [2.75, 3.05) is 20.3 Å². The van der Waals surface area contributed by atoms with E-state index in [2.05, 4.69) is 0 Å². The van der Waals surface area contributed by atoms with Crippen LogP contribution >= 0.6 is 0 Å². The minimum absolute atomic E-state index is 0.167. The average Bonchev–Trinajstić information content (AvgIpc) is 2.39. The Morgan fingerprint density at radius 1 is 1.33 bits per heavy atom. The summed E-state index contributed by atoms with van der Waals surface area (Å²) < 4.78 is 23.7. The van der Waals surface area contributed by atoms with Gasteiger partial charge in [-0.1, -0.05) is 12.1 Å². The number of alkyl halides is 1. The van der Waals surface area contributed by atoms with E-state index in [0.717, 1.165) is 18.2 Å². The van der Waals surface area contributed by atoms with E-state index in [1.807, 2.05) is 12.1 Å². The first kappa shape index (κ1) is 14.9. The molecule has 0 aliphatic carbocycles. The van der Waals surface area contributed by atoms with Crippen LogP contribution in [0.2, 0.25) is 0 Å². The molecule has 0 saturated heterocycles. The summed E-state index contributed by atoms with van der Waals surface area (Å²) in [5.74, 6) is 0.746. The van der Waals surface area contributed by atoms with E-state index in [4.69, 9.17) is 14.6 Å². The van der Waals surface area contributed by atoms with Gasteiger partial charge in [0.15, 0.2) is 5.67 Å². The third kappa shape index (κ3) is 4.25. The molecule has 1 aromatic carbocycles. The fourth-order valence-corrected chi connectivity index (χ4v) is 1.29. The van der Waals surface area contributed by atoms with E-state index >= 15 is 0 Å². The van der Waals surface area contributed by atoms with Crippen LogP contribution in [0, 0.1) is 0 Å². The minimum Gasteiger partial charge on any atom is -0.497 e. The van der Waals surface area contributed by atoms with Gasteiger partial charge >= 0.3 is 0 Å². The number of methoxy groups -OCH3 is 1. The Morgan fingerprint density at radius 3 is 2.44 bits per heavy atom. The highest BCUT2D eigenvalue weighted by atomic mass is 19.1. The van der Waals surface area contributed by atoms with Crippen molar-refractivity contribution in [3.05, 3.63) is 29.8 Å². The highest BCUT2D eigenvalue weighted by Crippen LogP contribution is 2.16. The summed E-state index contributed by atoms with van der Waals surface area (Å²) >= 11 is 0. The monoisotopic (exact) mass is 258 g/mol. The maximum Gasteiger partial charge on any atom is 0.159 e. The molecule has 0 radical (unpaired) electrons. The van der Waals surface area contributed by atoms with E-state index in [9.17, 15) is 9.50 Å². The largest absolute Gasteiger partial charge is 0.497 e. The summed E-state index contributed by atoms with van der Waals surface area (Å²) in [4.78, 5) is 0. The lowest BCUT2D eigenvalue weighted by Gasteiger charge is -2.23. The summed E-state index contributed by atoms with van der Waals surface area (Å²) in [5.41, 5.74) is -1.15. The Bertz CT molecular complexity index is 351. The Morgan fingerprint density at radius 2 is 1.94 bits per heavy atom. The first-order valence-corrected chi connectivity index (χ1v) is 5.68. The fraction of sp³-hybridized carbons (Fsp3) is 0.538. The molecular weight excluding hydrogens is 239 g/mol. The summed E-state index contributed by atoms with van der Waals surface area (Å²) in [6, 6.07) is 7.24. The molecule has 0 bridgehead atoms. The number of benzene rings is 1. The van der Waals surface area contributed by atoms with Crippen molar-refractivity contribution in [2.45, 2.75) is 25.3 Å². The van der Waals surface area contributed by atoms with Gasteiger partial charge in [-0.3, -0.25) is 0 Å². The van der Waals surface area contributed by atoms with Crippen LogP contribution in [0.15, 0.2) is 24.3 Å². The van der Waals surface area contributed by atoms with Crippen LogP contribution in [0.5, 0.6) is 5.75 Å². The van der Waals surface area contributed by atoms with Crippen molar-refractivity contribution in [3.63, 3.8) is 0 Å². The van der Waals surface area contributed by atoms with Gasteiger partial charge in [-0.25, -0.2) is 4.39 Å². The van der Waals surface area contributed by atoms with Crippen molar-refractivity contribution in [1.82, 2.24) is 0 Å². The summed E-state index contributed by atoms with van der Waals surface area (Å²) in [6.07, 6.45) is -1.35. The minimum atomic E-state index is -2.04. The molecule has 2 atom stereocenters. The molecule has 18 heavy (non-hydrogen) atoms. The lowest BCUT2D eigenvalue weighted by atomic mass is 10.0. The first-order chi connectivity index (χ1) is 8.49. The second-order valence-corrected chi connectivity index (χ2v) is 4.32. The summed E-state index contributed by atoms with van der Waals surface area (Å²) in [5, 5.41) is 18.2. The Kier molecular flexibility index (Phi) is 5.53. The molecule has 1 rings (SSSR count). The highest BCUT2D eigenvalue weighted by Gasteiger charge is 2.32. The van der Waals surface area contributed by atoms with Crippen molar-refractivity contribution in [1.29, 1.82) is 0 Å². The fourth-order valence-electron chi connectivity index (χ4n) is 1.29. The van der Waals surface area contributed by atoms with Gasteiger partial charge in [0.05, 0.1) is 26.9 Å². The lowest BCUT2D eigenvalue weighted by molar-refractivity contribution is -0.0766. The van der Waals surface area contributed by atoms with E-state index in [0.29, 0.717) is 0 Å². The van der Waals surface area contributed by atoms with Gasteiger partial charge in [0.2, 0.25) is 0 Å². The van der Waals surface area contributed by atoms with E-state index in [-0.39, 0.29) is 13.2 Å². The molecule has 0 unspecified atom stereocenters. The van der Waals surface area contributed by atoms with Crippen LogP contribution in [-0.2, 0) is 11.3 Å². The summed E-state index contributed by atoms with van der Waals surface area (Å²) in [6.45, 7) is 0.497. The molecule has 0 aliphatic heterocycles. The average molecular weight is 258 g/mol. The number of hydrogen-bond donors (Lipinski definition) is 2. The number of hydrogen-bond acceptors (Lipinski definition) is 4. The molecule has 0 aliphatic rings. The third-order valence-electron chi connectivity index (χ3n) is 2.71. The maximum absolute atomic E-state index is 13.4. The molecule has 5 heteroatoms. The number of aliphatic hydroxyl groups is 2. The van der Waals surface area contributed by atoms with Crippen molar-refractivity contribution < 1.29 is 24.1 Å². The first-order valence-electron chi connectivity index (χ1n) is 5.68. The Hall–Kier alpha value is -1.17. The van der Waals surface area contributed by atoms with E-state index < -0.39 is 18.4 Å². The van der Waals surface area contributed by atoms with Crippen LogP contribution in [0.1, 0.15) is 12.5 Å². The SMILES string of the molecule is COc1ccc(COC[C@@H](O)[C@@](C)(F)CO)cc1. The predicted octanol–water partition coefficient (Wildman–Crippen LogP) is 1.29. The van der Waals surface area contributed by atoms with Gasteiger partial charge in [-0.15, -0.1) is 0 Å². The van der Waals surface area contributed by atoms with E-state index in [1.165, 1.54) is 0 Å². The van der Waals surface area contributed by atoms with Crippen LogP contribution in [0.25, 0.3) is 0 Å². The second-order valence-electron chi connectivity index (χ2n) is 4.32. The zero-order valence-corrected chi connectivity index (χ0v) is 10.6. The highest BCUT2D eigenvalue weighted by molar-refractivity contribution is 5.26. The number of aliphatic hydroxyl groups excluding tert-OH is 2. The van der Waals surface area contributed by atoms with Gasteiger partial charge in [-0.05, 0) is 24.6 Å². The van der Waals surface area contributed by atoms with Crippen LogP contribution in [0.3, 0.4) is 0 Å². The molecule has 0 heterocycles. The van der Waals surface area contributed by atoms with Crippen LogP contribution in [-0.4, -0.2) is 42.3 Å². The molecule has 0 fully saturated rings. The molecule has 0 amide bonds. The Labute approximate surface area is 106 Å². The standard InChI is InChI=1S/C13H19FO4/c1-13(14,9-15)12(16)8-18-7-10-3-5-11(17-2)6-4-10/h3-6,12,15-16H,7-9H2,1-2H3/t12-,13+/m1/s1. The zero-order chi connectivity index (χ0) is 13.6. The molecular formula is C13H19FO4. The van der Waals surface area contributed by atoms with Crippen molar-refractivity contribution in [2.24, 2.45) is 0 Å². The predicted molar refractivity (Wildman–Crippen MR) is 65.3 cm³/mol. The normalized spacial score (nSPS) is 16.1. The molecule has 102 valence electrons. The van der Waals surface area contributed by atoms with Crippen molar-refractivity contribution in [3.8, 4) is 5.75 Å². The maximum atomic E-state index is 13.4. The van der Waals surface area contributed by atoms with Gasteiger partial charge in [-0.2, -0.15) is 0 Å². The van der Waals surface area contributed by atoms with Gasteiger partial charge in [0, 0.05) is 0 Å². The van der Waals surface area contributed by atoms with Gasteiger partial charge in [0.25, 0.3) is 0 Å². The van der Waals surface area contributed by atoms with Gasteiger partial charge < -0.3 is 19.7 Å².